The van der Waals surface area contributed by atoms with Gasteiger partial charge in [0.2, 0.25) is 0 Å². The number of aryl methyl sites for hydroxylation is 1. The minimum Gasteiger partial charge on any atom is -0.377 e. The molecule has 3 aromatic rings. The summed E-state index contributed by atoms with van der Waals surface area (Å²) in [6.45, 7) is 3.64. The van der Waals surface area contributed by atoms with Gasteiger partial charge >= 0.3 is 0 Å². The molecular formula is C12H11N3OS2. The highest BCUT2D eigenvalue weighted by Gasteiger charge is 2.32. The van der Waals surface area contributed by atoms with Crippen LogP contribution in [0.15, 0.2) is 23.2 Å². The van der Waals surface area contributed by atoms with Crippen LogP contribution in [0.3, 0.4) is 0 Å². The molecule has 0 spiro atoms. The van der Waals surface area contributed by atoms with Crippen molar-refractivity contribution in [1.82, 2.24) is 15.0 Å². The summed E-state index contributed by atoms with van der Waals surface area (Å²) in [5, 5.41) is 16.2. The van der Waals surface area contributed by atoms with Crippen LogP contribution in [0, 0.1) is 6.92 Å². The second-order valence-electron chi connectivity index (χ2n) is 4.23. The average Bonchev–Trinajstić information content (AvgIpc) is 2.96. The van der Waals surface area contributed by atoms with Gasteiger partial charge in [0.15, 0.2) is 5.60 Å². The van der Waals surface area contributed by atoms with E-state index in [0.29, 0.717) is 10.7 Å². The summed E-state index contributed by atoms with van der Waals surface area (Å²) in [4.78, 5) is 13.7. The molecule has 0 fully saturated rings. The maximum atomic E-state index is 10.7. The molecule has 1 N–H and O–H groups in total. The summed E-state index contributed by atoms with van der Waals surface area (Å²) < 4.78 is 0. The van der Waals surface area contributed by atoms with Gasteiger partial charge in [-0.05, 0) is 25.3 Å². The van der Waals surface area contributed by atoms with E-state index >= 15 is 0 Å². The zero-order valence-electron chi connectivity index (χ0n) is 9.91. The van der Waals surface area contributed by atoms with Crippen LogP contribution in [0.1, 0.15) is 23.3 Å². The van der Waals surface area contributed by atoms with Crippen molar-refractivity contribution in [3.05, 3.63) is 39.5 Å². The first-order chi connectivity index (χ1) is 8.59. The van der Waals surface area contributed by atoms with Crippen LogP contribution in [0.4, 0.5) is 0 Å². The van der Waals surface area contributed by atoms with Gasteiger partial charge in [-0.25, -0.2) is 15.0 Å². The third kappa shape index (κ3) is 1.73. The monoisotopic (exact) mass is 277 g/mol. The van der Waals surface area contributed by atoms with E-state index in [9.17, 15) is 5.11 Å². The fourth-order valence-electron chi connectivity index (χ4n) is 1.86. The normalized spacial score (nSPS) is 14.8. The summed E-state index contributed by atoms with van der Waals surface area (Å²) >= 11 is 2.98. The Labute approximate surface area is 112 Å². The molecule has 6 heteroatoms. The molecule has 3 rings (SSSR count). The number of hydrogen-bond donors (Lipinski definition) is 1. The van der Waals surface area contributed by atoms with Gasteiger partial charge in [-0.2, -0.15) is 0 Å². The van der Waals surface area contributed by atoms with Gasteiger partial charge in [-0.15, -0.1) is 22.7 Å². The van der Waals surface area contributed by atoms with Gasteiger partial charge in [-0.1, -0.05) is 0 Å². The number of thiophene rings is 1. The van der Waals surface area contributed by atoms with Gasteiger partial charge < -0.3 is 5.11 Å². The summed E-state index contributed by atoms with van der Waals surface area (Å²) in [5.74, 6) is 0. The highest BCUT2D eigenvalue weighted by Crippen LogP contribution is 2.34. The minimum absolute atomic E-state index is 0.614. The Kier molecular flexibility index (Phi) is 2.65. The number of hydrogen-bond acceptors (Lipinski definition) is 6. The van der Waals surface area contributed by atoms with E-state index in [4.69, 9.17) is 0 Å². The predicted octanol–water partition coefficient (Wildman–Crippen LogP) is 2.71. The topological polar surface area (TPSA) is 58.9 Å². The number of nitrogens with zero attached hydrogens (tertiary/aromatic N) is 3. The van der Waals surface area contributed by atoms with Crippen LogP contribution >= 0.6 is 22.7 Å². The third-order valence-corrected chi connectivity index (χ3v) is 4.75. The number of aromatic nitrogens is 3. The average molecular weight is 277 g/mol. The fourth-order valence-corrected chi connectivity index (χ4v) is 3.45. The van der Waals surface area contributed by atoms with Crippen molar-refractivity contribution >= 4 is 32.9 Å². The van der Waals surface area contributed by atoms with Crippen molar-refractivity contribution in [2.75, 3.05) is 0 Å². The quantitative estimate of drug-likeness (QED) is 0.782. The summed E-state index contributed by atoms with van der Waals surface area (Å²) in [6.07, 6.45) is 1.49. The maximum Gasteiger partial charge on any atom is 0.156 e. The molecule has 3 heterocycles. The van der Waals surface area contributed by atoms with Gasteiger partial charge in [0, 0.05) is 16.5 Å². The highest BCUT2D eigenvalue weighted by molar-refractivity contribution is 7.16. The van der Waals surface area contributed by atoms with Crippen LogP contribution < -0.4 is 0 Å². The maximum absolute atomic E-state index is 10.7. The molecule has 1 unspecified atom stereocenters. The first-order valence-electron chi connectivity index (χ1n) is 5.42. The molecule has 0 saturated carbocycles. The Morgan fingerprint density at radius 1 is 1.28 bits per heavy atom. The van der Waals surface area contributed by atoms with E-state index in [-0.39, 0.29) is 0 Å². The van der Waals surface area contributed by atoms with Crippen LogP contribution in [0.5, 0.6) is 0 Å². The smallest absolute Gasteiger partial charge is 0.156 e. The first kappa shape index (κ1) is 11.7. The largest absolute Gasteiger partial charge is 0.377 e. The van der Waals surface area contributed by atoms with E-state index in [0.717, 1.165) is 15.9 Å². The SMILES string of the molecule is Cc1csc(C(C)(O)c2ncnc3sccc23)n1. The number of thiazole rings is 1. The van der Waals surface area contributed by atoms with Gasteiger partial charge in [0.1, 0.15) is 16.2 Å². The zero-order chi connectivity index (χ0) is 12.8. The lowest BCUT2D eigenvalue weighted by Gasteiger charge is -2.20. The molecule has 0 radical (unpaired) electrons. The van der Waals surface area contributed by atoms with Crippen molar-refractivity contribution < 1.29 is 5.11 Å². The van der Waals surface area contributed by atoms with Crippen molar-refractivity contribution in [3.63, 3.8) is 0 Å². The lowest BCUT2D eigenvalue weighted by Crippen LogP contribution is -2.24. The Bertz CT molecular complexity index is 702. The molecule has 92 valence electrons. The van der Waals surface area contributed by atoms with E-state index in [1.54, 1.807) is 6.92 Å². The van der Waals surface area contributed by atoms with E-state index in [2.05, 4.69) is 15.0 Å². The van der Waals surface area contributed by atoms with E-state index in [1.807, 2.05) is 23.8 Å². The number of rotatable bonds is 2. The van der Waals surface area contributed by atoms with Crippen molar-refractivity contribution in [2.45, 2.75) is 19.4 Å². The van der Waals surface area contributed by atoms with Crippen LogP contribution in [-0.2, 0) is 5.60 Å². The molecule has 0 aliphatic rings. The zero-order valence-corrected chi connectivity index (χ0v) is 11.5. The molecule has 0 aromatic carbocycles. The standard InChI is InChI=1S/C12H11N3OS2/c1-7-5-18-11(15-7)12(2,16)9-8-3-4-17-10(8)14-6-13-9/h3-6,16H,1-2H3. The summed E-state index contributed by atoms with van der Waals surface area (Å²) in [5.41, 5.74) is 0.343. The van der Waals surface area contributed by atoms with Gasteiger partial charge in [0.25, 0.3) is 0 Å². The van der Waals surface area contributed by atoms with E-state index < -0.39 is 5.60 Å². The highest BCUT2D eigenvalue weighted by atomic mass is 32.1. The van der Waals surface area contributed by atoms with Crippen LogP contribution in [0.25, 0.3) is 10.2 Å². The van der Waals surface area contributed by atoms with Crippen molar-refractivity contribution in [1.29, 1.82) is 0 Å². The molecule has 0 bridgehead atoms. The molecule has 0 saturated heterocycles. The molecule has 1 atom stereocenters. The second kappa shape index (κ2) is 4.08. The molecule has 18 heavy (non-hydrogen) atoms. The lowest BCUT2D eigenvalue weighted by molar-refractivity contribution is 0.0986. The molecule has 4 nitrogen and oxygen atoms in total. The number of fused-ring (bicyclic) bond motifs is 1. The molecular weight excluding hydrogens is 266 g/mol. The fraction of sp³-hybridized carbons (Fsp3) is 0.250. The third-order valence-electron chi connectivity index (χ3n) is 2.76. The Morgan fingerprint density at radius 3 is 2.83 bits per heavy atom. The van der Waals surface area contributed by atoms with Gasteiger partial charge in [-0.3, -0.25) is 0 Å². The minimum atomic E-state index is -1.18. The van der Waals surface area contributed by atoms with E-state index in [1.165, 1.54) is 29.0 Å². The van der Waals surface area contributed by atoms with Crippen molar-refractivity contribution in [2.24, 2.45) is 0 Å². The molecule has 0 amide bonds. The first-order valence-corrected chi connectivity index (χ1v) is 7.18. The Morgan fingerprint density at radius 2 is 2.11 bits per heavy atom. The lowest BCUT2D eigenvalue weighted by atomic mass is 10.0. The summed E-state index contributed by atoms with van der Waals surface area (Å²) in [6, 6.07) is 1.93. The summed E-state index contributed by atoms with van der Waals surface area (Å²) in [7, 11) is 0. The Balaban J connectivity index is 2.21. The second-order valence-corrected chi connectivity index (χ2v) is 5.98. The Hall–Kier alpha value is -1.37. The van der Waals surface area contributed by atoms with Gasteiger partial charge in [0.05, 0.1) is 5.69 Å². The number of aliphatic hydroxyl groups is 1. The molecule has 3 aromatic heterocycles. The van der Waals surface area contributed by atoms with Crippen LogP contribution in [0.2, 0.25) is 0 Å². The molecule has 0 aliphatic heterocycles. The van der Waals surface area contributed by atoms with Crippen LogP contribution in [-0.4, -0.2) is 20.1 Å². The van der Waals surface area contributed by atoms with Crippen molar-refractivity contribution in [3.8, 4) is 0 Å². The molecule has 0 aliphatic carbocycles. The predicted molar refractivity (Wildman–Crippen MR) is 72.9 cm³/mol.